The van der Waals surface area contributed by atoms with Crippen molar-refractivity contribution in [2.75, 3.05) is 34.4 Å². The lowest BCUT2D eigenvalue weighted by molar-refractivity contribution is 0.266. The van der Waals surface area contributed by atoms with Gasteiger partial charge in [0.1, 0.15) is 12.4 Å². The second-order valence-electron chi connectivity index (χ2n) is 5.61. The van der Waals surface area contributed by atoms with Crippen LogP contribution in [-0.4, -0.2) is 45.1 Å². The summed E-state index contributed by atoms with van der Waals surface area (Å²) in [4.78, 5) is 6.68. The highest BCUT2D eigenvalue weighted by Crippen LogP contribution is 2.39. The highest BCUT2D eigenvalue weighted by atomic mass is 16.5. The first-order valence-corrected chi connectivity index (χ1v) is 7.91. The first-order chi connectivity index (χ1) is 11.7. The van der Waals surface area contributed by atoms with Crippen LogP contribution in [0.3, 0.4) is 0 Å². The van der Waals surface area contributed by atoms with E-state index in [4.69, 9.17) is 14.2 Å². The van der Waals surface area contributed by atoms with Crippen LogP contribution in [0.25, 0.3) is 0 Å². The molecule has 0 aromatic heterocycles. The molecule has 0 saturated carbocycles. The number of methoxy groups -OCH3 is 2. The summed E-state index contributed by atoms with van der Waals surface area (Å²) >= 11 is 0. The highest BCUT2D eigenvalue weighted by Gasteiger charge is 2.20. The first kappa shape index (κ1) is 16.2. The van der Waals surface area contributed by atoms with E-state index in [1.807, 2.05) is 49.5 Å². The molecule has 0 fully saturated rings. The predicted octanol–water partition coefficient (Wildman–Crippen LogP) is 2.97. The van der Waals surface area contributed by atoms with Crippen molar-refractivity contribution < 1.29 is 14.2 Å². The molecule has 24 heavy (non-hydrogen) atoms. The summed E-state index contributed by atoms with van der Waals surface area (Å²) in [6, 6.07) is 13.9. The molecule has 1 aliphatic rings. The van der Waals surface area contributed by atoms with Crippen LogP contribution in [0.4, 0.5) is 0 Å². The maximum atomic E-state index is 5.98. The molecule has 5 heteroatoms. The number of benzene rings is 2. The monoisotopic (exact) mass is 326 g/mol. The van der Waals surface area contributed by atoms with E-state index in [-0.39, 0.29) is 0 Å². The Kier molecular flexibility index (Phi) is 4.89. The third-order valence-corrected chi connectivity index (χ3v) is 4.00. The number of hydrogen-bond donors (Lipinski definition) is 0. The molecule has 0 N–H and O–H groups in total. The third kappa shape index (κ3) is 3.30. The molecule has 3 rings (SSSR count). The summed E-state index contributed by atoms with van der Waals surface area (Å²) in [5.41, 5.74) is 2.06. The van der Waals surface area contributed by atoms with E-state index in [1.54, 1.807) is 14.2 Å². The number of hydrogen-bond acceptors (Lipinski definition) is 5. The van der Waals surface area contributed by atoms with Gasteiger partial charge in [0.15, 0.2) is 11.5 Å². The maximum absolute atomic E-state index is 5.98. The minimum Gasteiger partial charge on any atom is -0.493 e. The van der Waals surface area contributed by atoms with Gasteiger partial charge in [0.05, 0.1) is 20.8 Å². The Bertz CT molecular complexity index is 704. The Balaban J connectivity index is 1.90. The van der Waals surface area contributed by atoms with Crippen molar-refractivity contribution in [1.29, 1.82) is 0 Å². The maximum Gasteiger partial charge on any atom is 0.203 e. The van der Waals surface area contributed by atoms with E-state index in [0.29, 0.717) is 23.9 Å². The summed E-state index contributed by atoms with van der Waals surface area (Å²) in [6.07, 6.45) is 0. The SMILES string of the molecule is COc1cc(C2=NCCN2C)cc(OC)c1OCc1ccccc1. The molecule has 0 amide bonds. The van der Waals surface area contributed by atoms with E-state index >= 15 is 0 Å². The molecule has 2 aromatic carbocycles. The van der Waals surface area contributed by atoms with E-state index in [2.05, 4.69) is 9.89 Å². The van der Waals surface area contributed by atoms with Crippen molar-refractivity contribution in [2.24, 2.45) is 4.99 Å². The number of rotatable bonds is 6. The van der Waals surface area contributed by atoms with Crippen molar-refractivity contribution in [3.63, 3.8) is 0 Å². The first-order valence-electron chi connectivity index (χ1n) is 7.91. The van der Waals surface area contributed by atoms with Crippen LogP contribution in [0.15, 0.2) is 47.5 Å². The fraction of sp³-hybridized carbons (Fsp3) is 0.316. The zero-order valence-corrected chi connectivity index (χ0v) is 14.3. The van der Waals surface area contributed by atoms with Crippen molar-refractivity contribution in [3.8, 4) is 17.2 Å². The third-order valence-electron chi connectivity index (χ3n) is 4.00. The molecule has 0 saturated heterocycles. The Morgan fingerprint density at radius 1 is 1.04 bits per heavy atom. The van der Waals surface area contributed by atoms with Gasteiger partial charge in [-0.05, 0) is 17.7 Å². The van der Waals surface area contributed by atoms with Crippen molar-refractivity contribution in [1.82, 2.24) is 4.90 Å². The molecule has 5 nitrogen and oxygen atoms in total. The number of amidine groups is 1. The van der Waals surface area contributed by atoms with Crippen molar-refractivity contribution in [2.45, 2.75) is 6.61 Å². The van der Waals surface area contributed by atoms with E-state index in [0.717, 1.165) is 30.1 Å². The van der Waals surface area contributed by atoms with Crippen molar-refractivity contribution in [3.05, 3.63) is 53.6 Å². The predicted molar refractivity (Wildman–Crippen MR) is 94.4 cm³/mol. The van der Waals surface area contributed by atoms with Crippen LogP contribution in [0.1, 0.15) is 11.1 Å². The lowest BCUT2D eigenvalue weighted by atomic mass is 10.1. The molecule has 0 unspecified atom stereocenters. The summed E-state index contributed by atoms with van der Waals surface area (Å²) in [7, 11) is 5.30. The van der Waals surface area contributed by atoms with Crippen LogP contribution in [0.5, 0.6) is 17.2 Å². The van der Waals surface area contributed by atoms with Gasteiger partial charge in [0.25, 0.3) is 0 Å². The minimum atomic E-state index is 0.452. The number of nitrogens with zero attached hydrogens (tertiary/aromatic N) is 2. The summed E-state index contributed by atoms with van der Waals surface area (Å²) < 4.78 is 17.0. The normalized spacial score (nSPS) is 13.6. The average molecular weight is 326 g/mol. The van der Waals surface area contributed by atoms with Gasteiger partial charge in [0.2, 0.25) is 5.75 Å². The van der Waals surface area contributed by atoms with Crippen molar-refractivity contribution >= 4 is 5.84 Å². The molecule has 0 atom stereocenters. The molecule has 1 aliphatic heterocycles. The standard InChI is InChI=1S/C19H22N2O3/c1-21-10-9-20-19(21)15-11-16(22-2)18(17(12-15)23-3)24-13-14-7-5-4-6-8-14/h4-8,11-12H,9-10,13H2,1-3H3. The summed E-state index contributed by atoms with van der Waals surface area (Å²) in [5, 5.41) is 0. The molecule has 0 radical (unpaired) electrons. The minimum absolute atomic E-state index is 0.452. The molecular weight excluding hydrogens is 304 g/mol. The molecule has 0 bridgehead atoms. The van der Waals surface area contributed by atoms with Gasteiger partial charge in [-0.3, -0.25) is 4.99 Å². The number of aliphatic imine (C=N–C) groups is 1. The number of likely N-dealkylation sites (N-methyl/N-ethyl adjacent to an activating group) is 1. The fourth-order valence-electron chi connectivity index (χ4n) is 2.73. The van der Waals surface area contributed by atoms with Gasteiger partial charge >= 0.3 is 0 Å². The van der Waals surface area contributed by atoms with Gasteiger partial charge in [-0.15, -0.1) is 0 Å². The van der Waals surface area contributed by atoms with Gasteiger partial charge in [-0.25, -0.2) is 0 Å². The molecule has 126 valence electrons. The molecule has 0 aliphatic carbocycles. The lowest BCUT2D eigenvalue weighted by Gasteiger charge is -2.19. The smallest absolute Gasteiger partial charge is 0.203 e. The molecule has 1 heterocycles. The molecule has 2 aromatic rings. The molecular formula is C19H22N2O3. The molecule has 0 spiro atoms. The van der Waals surface area contributed by atoms with Crippen LogP contribution in [0, 0.1) is 0 Å². The zero-order valence-electron chi connectivity index (χ0n) is 14.3. The topological polar surface area (TPSA) is 43.3 Å². The van der Waals surface area contributed by atoms with Crippen LogP contribution >= 0.6 is 0 Å². The fourth-order valence-corrected chi connectivity index (χ4v) is 2.73. The van der Waals surface area contributed by atoms with Crippen LogP contribution < -0.4 is 14.2 Å². The van der Waals surface area contributed by atoms with Crippen LogP contribution in [0.2, 0.25) is 0 Å². The number of ether oxygens (including phenoxy) is 3. The Morgan fingerprint density at radius 3 is 2.25 bits per heavy atom. The Hall–Kier alpha value is -2.69. The summed E-state index contributed by atoms with van der Waals surface area (Å²) in [5.74, 6) is 2.83. The summed E-state index contributed by atoms with van der Waals surface area (Å²) in [6.45, 7) is 2.18. The zero-order chi connectivity index (χ0) is 16.9. The van der Waals surface area contributed by atoms with Crippen LogP contribution in [-0.2, 0) is 6.61 Å². The van der Waals surface area contributed by atoms with Gasteiger partial charge in [-0.1, -0.05) is 30.3 Å². The second kappa shape index (κ2) is 7.25. The lowest BCUT2D eigenvalue weighted by Crippen LogP contribution is -2.23. The Labute approximate surface area is 142 Å². The van der Waals surface area contributed by atoms with E-state index in [9.17, 15) is 0 Å². The van der Waals surface area contributed by atoms with Gasteiger partial charge in [0, 0.05) is 19.2 Å². The van der Waals surface area contributed by atoms with E-state index in [1.165, 1.54) is 0 Å². The quantitative estimate of drug-likeness (QED) is 0.818. The van der Waals surface area contributed by atoms with Gasteiger partial charge < -0.3 is 19.1 Å². The largest absolute Gasteiger partial charge is 0.493 e. The van der Waals surface area contributed by atoms with E-state index < -0.39 is 0 Å². The second-order valence-corrected chi connectivity index (χ2v) is 5.61. The Morgan fingerprint density at radius 2 is 1.71 bits per heavy atom. The van der Waals surface area contributed by atoms with Gasteiger partial charge in [-0.2, -0.15) is 0 Å². The average Bonchev–Trinajstić information content (AvgIpc) is 3.06. The highest BCUT2D eigenvalue weighted by molar-refractivity contribution is 6.00.